The van der Waals surface area contributed by atoms with Crippen LogP contribution >= 0.6 is 11.3 Å². The SMILES string of the molecule is COc1ccc2nc3sc(C(=O)Nc4ccc(OC)c(OC)c4)cc3cc2c1. The van der Waals surface area contributed by atoms with Crippen LogP contribution in [0.4, 0.5) is 5.69 Å². The topological polar surface area (TPSA) is 69.7 Å². The summed E-state index contributed by atoms with van der Waals surface area (Å²) in [4.78, 5) is 18.8. The summed E-state index contributed by atoms with van der Waals surface area (Å²) < 4.78 is 15.8. The molecule has 0 atom stereocenters. The highest BCUT2D eigenvalue weighted by Crippen LogP contribution is 2.32. The summed E-state index contributed by atoms with van der Waals surface area (Å²) in [6, 6.07) is 14.8. The first-order chi connectivity index (χ1) is 13.6. The quantitative estimate of drug-likeness (QED) is 0.530. The maximum Gasteiger partial charge on any atom is 0.265 e. The van der Waals surface area contributed by atoms with Gasteiger partial charge in [-0.3, -0.25) is 4.79 Å². The Labute approximate surface area is 165 Å². The first kappa shape index (κ1) is 18.1. The second-order valence-corrected chi connectivity index (χ2v) is 7.11. The molecule has 2 aromatic carbocycles. The number of carbonyl (C=O) groups excluding carboxylic acids is 1. The zero-order valence-electron chi connectivity index (χ0n) is 15.6. The van der Waals surface area contributed by atoms with Crippen LogP contribution in [0.5, 0.6) is 17.2 Å². The summed E-state index contributed by atoms with van der Waals surface area (Å²) in [5.41, 5.74) is 1.49. The van der Waals surface area contributed by atoms with Crippen LogP contribution in [0.2, 0.25) is 0 Å². The molecule has 0 aliphatic heterocycles. The van der Waals surface area contributed by atoms with Gasteiger partial charge in [0, 0.05) is 22.5 Å². The van der Waals surface area contributed by atoms with E-state index in [1.165, 1.54) is 11.3 Å². The van der Waals surface area contributed by atoms with Crippen molar-refractivity contribution in [1.82, 2.24) is 4.98 Å². The standard InChI is InChI=1S/C21H18N2O4S/c1-25-15-5-6-16-12(9-15)8-13-10-19(28-21(13)23-16)20(24)22-14-4-7-17(26-2)18(11-14)27-3/h4-11H,1-3H3,(H,22,24). The monoisotopic (exact) mass is 394 g/mol. The molecule has 0 spiro atoms. The predicted molar refractivity (Wildman–Crippen MR) is 111 cm³/mol. The van der Waals surface area contributed by atoms with Gasteiger partial charge in [-0.25, -0.2) is 4.98 Å². The third kappa shape index (κ3) is 3.32. The van der Waals surface area contributed by atoms with Crippen molar-refractivity contribution in [2.24, 2.45) is 0 Å². The highest BCUT2D eigenvalue weighted by atomic mass is 32.1. The molecule has 142 valence electrons. The van der Waals surface area contributed by atoms with Gasteiger partial charge in [0.1, 0.15) is 10.6 Å². The Morgan fingerprint density at radius 2 is 1.71 bits per heavy atom. The molecule has 0 radical (unpaired) electrons. The van der Waals surface area contributed by atoms with Gasteiger partial charge in [-0.2, -0.15) is 0 Å². The van der Waals surface area contributed by atoms with Gasteiger partial charge in [0.25, 0.3) is 5.91 Å². The molecule has 4 aromatic rings. The number of carbonyl (C=O) groups is 1. The number of benzene rings is 2. The summed E-state index contributed by atoms with van der Waals surface area (Å²) in [5.74, 6) is 1.74. The molecule has 1 N–H and O–H groups in total. The highest BCUT2D eigenvalue weighted by Gasteiger charge is 2.14. The smallest absolute Gasteiger partial charge is 0.265 e. The number of pyridine rings is 1. The zero-order valence-corrected chi connectivity index (χ0v) is 16.4. The van der Waals surface area contributed by atoms with Crippen LogP contribution in [0.3, 0.4) is 0 Å². The van der Waals surface area contributed by atoms with Crippen LogP contribution in [0, 0.1) is 0 Å². The lowest BCUT2D eigenvalue weighted by Crippen LogP contribution is -2.10. The normalized spacial score (nSPS) is 10.8. The van der Waals surface area contributed by atoms with Gasteiger partial charge in [0.2, 0.25) is 0 Å². The van der Waals surface area contributed by atoms with Crippen molar-refractivity contribution in [3.05, 3.63) is 53.4 Å². The van der Waals surface area contributed by atoms with Crippen LogP contribution in [0.25, 0.3) is 21.1 Å². The van der Waals surface area contributed by atoms with Gasteiger partial charge in [-0.05, 0) is 42.5 Å². The van der Waals surface area contributed by atoms with Crippen LogP contribution in [0.15, 0.2) is 48.5 Å². The predicted octanol–water partition coefficient (Wildman–Crippen LogP) is 4.73. The Morgan fingerprint density at radius 3 is 2.46 bits per heavy atom. The molecule has 0 bridgehead atoms. The molecule has 28 heavy (non-hydrogen) atoms. The average Bonchev–Trinajstić information content (AvgIpc) is 3.14. The Morgan fingerprint density at radius 1 is 0.893 bits per heavy atom. The minimum absolute atomic E-state index is 0.197. The van der Waals surface area contributed by atoms with Crippen molar-refractivity contribution in [2.45, 2.75) is 0 Å². The van der Waals surface area contributed by atoms with Crippen molar-refractivity contribution in [3.8, 4) is 17.2 Å². The van der Waals surface area contributed by atoms with E-state index >= 15 is 0 Å². The number of rotatable bonds is 5. The van der Waals surface area contributed by atoms with Gasteiger partial charge >= 0.3 is 0 Å². The van der Waals surface area contributed by atoms with Crippen LogP contribution in [-0.2, 0) is 0 Å². The minimum Gasteiger partial charge on any atom is -0.497 e. The van der Waals surface area contributed by atoms with Gasteiger partial charge in [0.15, 0.2) is 11.5 Å². The number of fused-ring (bicyclic) bond motifs is 2. The van der Waals surface area contributed by atoms with Crippen molar-refractivity contribution >= 4 is 44.1 Å². The molecule has 1 amide bonds. The van der Waals surface area contributed by atoms with Crippen molar-refractivity contribution in [1.29, 1.82) is 0 Å². The van der Waals surface area contributed by atoms with E-state index < -0.39 is 0 Å². The van der Waals surface area contributed by atoms with Gasteiger partial charge < -0.3 is 19.5 Å². The molecule has 4 rings (SSSR count). The molecule has 0 saturated heterocycles. The van der Waals surface area contributed by atoms with Crippen LogP contribution in [-0.4, -0.2) is 32.2 Å². The fourth-order valence-corrected chi connectivity index (χ4v) is 3.88. The molecule has 0 aliphatic rings. The second-order valence-electron chi connectivity index (χ2n) is 6.08. The van der Waals surface area contributed by atoms with E-state index in [9.17, 15) is 4.79 Å². The second kappa shape index (κ2) is 7.36. The first-order valence-corrected chi connectivity index (χ1v) is 9.34. The van der Waals surface area contributed by atoms with Crippen molar-refractivity contribution < 1.29 is 19.0 Å². The molecule has 6 nitrogen and oxygen atoms in total. The lowest BCUT2D eigenvalue weighted by atomic mass is 10.2. The van der Waals surface area contributed by atoms with Crippen molar-refractivity contribution in [3.63, 3.8) is 0 Å². The average molecular weight is 394 g/mol. The molecule has 2 heterocycles. The maximum atomic E-state index is 12.7. The van der Waals surface area contributed by atoms with Gasteiger partial charge in [0.05, 0.1) is 31.7 Å². The number of aromatic nitrogens is 1. The molecule has 7 heteroatoms. The maximum absolute atomic E-state index is 12.7. The van der Waals surface area contributed by atoms with Gasteiger partial charge in [-0.15, -0.1) is 11.3 Å². The number of nitrogens with one attached hydrogen (secondary N) is 1. The van der Waals surface area contributed by atoms with E-state index in [0.717, 1.165) is 26.9 Å². The minimum atomic E-state index is -0.197. The highest BCUT2D eigenvalue weighted by molar-refractivity contribution is 7.20. The lowest BCUT2D eigenvalue weighted by Gasteiger charge is -2.10. The zero-order chi connectivity index (χ0) is 19.7. The Kier molecular flexibility index (Phi) is 4.75. The molecule has 0 saturated carbocycles. The fraction of sp³-hybridized carbons (Fsp3) is 0.143. The Hall–Kier alpha value is -3.32. The number of ether oxygens (including phenoxy) is 3. The number of amides is 1. The summed E-state index contributed by atoms with van der Waals surface area (Å²) in [6.45, 7) is 0. The summed E-state index contributed by atoms with van der Waals surface area (Å²) in [5, 5.41) is 4.78. The number of nitrogens with zero attached hydrogens (tertiary/aromatic N) is 1. The Balaban J connectivity index is 1.64. The number of anilines is 1. The third-order valence-corrected chi connectivity index (χ3v) is 5.42. The Bertz CT molecular complexity index is 1190. The molecular weight excluding hydrogens is 376 g/mol. The molecule has 0 aliphatic carbocycles. The van der Waals surface area contributed by atoms with Gasteiger partial charge in [-0.1, -0.05) is 0 Å². The number of methoxy groups -OCH3 is 3. The fourth-order valence-electron chi connectivity index (χ4n) is 2.96. The molecular formula is C21H18N2O4S. The summed E-state index contributed by atoms with van der Waals surface area (Å²) in [6.07, 6.45) is 0. The largest absolute Gasteiger partial charge is 0.497 e. The van der Waals surface area contributed by atoms with Crippen molar-refractivity contribution in [2.75, 3.05) is 26.6 Å². The molecule has 2 aromatic heterocycles. The summed E-state index contributed by atoms with van der Waals surface area (Å²) in [7, 11) is 4.76. The van der Waals surface area contributed by atoms with E-state index in [1.54, 1.807) is 39.5 Å². The first-order valence-electron chi connectivity index (χ1n) is 8.53. The summed E-state index contributed by atoms with van der Waals surface area (Å²) >= 11 is 1.36. The lowest BCUT2D eigenvalue weighted by molar-refractivity contribution is 0.103. The number of hydrogen-bond donors (Lipinski definition) is 1. The molecule has 0 fully saturated rings. The van der Waals surface area contributed by atoms with E-state index in [1.807, 2.05) is 30.3 Å². The molecule has 0 unspecified atom stereocenters. The van der Waals surface area contributed by atoms with E-state index in [0.29, 0.717) is 22.1 Å². The number of thiophene rings is 1. The third-order valence-electron chi connectivity index (χ3n) is 4.37. The van der Waals surface area contributed by atoms with Crippen LogP contribution in [0.1, 0.15) is 9.67 Å². The van der Waals surface area contributed by atoms with E-state index in [-0.39, 0.29) is 5.91 Å². The number of hydrogen-bond acceptors (Lipinski definition) is 6. The van der Waals surface area contributed by atoms with E-state index in [2.05, 4.69) is 10.3 Å². The van der Waals surface area contributed by atoms with E-state index in [4.69, 9.17) is 14.2 Å². The van der Waals surface area contributed by atoms with Crippen LogP contribution < -0.4 is 19.5 Å².